The van der Waals surface area contributed by atoms with Gasteiger partial charge in [0.25, 0.3) is 0 Å². The summed E-state index contributed by atoms with van der Waals surface area (Å²) in [4.78, 5) is 15.7. The van der Waals surface area contributed by atoms with Crippen LogP contribution in [0.2, 0.25) is 0 Å². The van der Waals surface area contributed by atoms with Crippen molar-refractivity contribution in [3.05, 3.63) is 182 Å². The molecular formula is C53H30N4O2. The highest BCUT2D eigenvalue weighted by atomic mass is 16.3. The van der Waals surface area contributed by atoms with E-state index < -0.39 is 0 Å². The second-order valence-electron chi connectivity index (χ2n) is 15.2. The lowest BCUT2D eigenvalue weighted by molar-refractivity contribution is 0.668. The molecule has 0 bridgehead atoms. The zero-order chi connectivity index (χ0) is 38.6. The highest BCUT2D eigenvalue weighted by Gasteiger charge is 2.23. The van der Waals surface area contributed by atoms with E-state index in [9.17, 15) is 0 Å². The first-order valence-corrected chi connectivity index (χ1v) is 19.8. The van der Waals surface area contributed by atoms with Crippen molar-refractivity contribution in [2.75, 3.05) is 0 Å². The Labute approximate surface area is 336 Å². The Bertz CT molecular complexity index is 3860. The summed E-state index contributed by atoms with van der Waals surface area (Å²) < 4.78 is 15.3. The van der Waals surface area contributed by atoms with E-state index in [0.29, 0.717) is 17.5 Å². The Morgan fingerprint density at radius 3 is 1.71 bits per heavy atom. The van der Waals surface area contributed by atoms with Gasteiger partial charge in [-0.3, -0.25) is 0 Å². The van der Waals surface area contributed by atoms with Gasteiger partial charge < -0.3 is 13.4 Å². The Morgan fingerprint density at radius 2 is 0.932 bits per heavy atom. The average Bonchev–Trinajstić information content (AvgIpc) is 3.96. The van der Waals surface area contributed by atoms with Gasteiger partial charge in [-0.05, 0) is 76.1 Å². The molecule has 0 saturated carbocycles. The maximum Gasteiger partial charge on any atom is 0.166 e. The molecule has 4 heterocycles. The second kappa shape index (κ2) is 12.2. The van der Waals surface area contributed by atoms with Gasteiger partial charge in [-0.2, -0.15) is 0 Å². The lowest BCUT2D eigenvalue weighted by Crippen LogP contribution is -2.04. The number of hydrogen-bond donors (Lipinski definition) is 0. The molecule has 6 heteroatoms. The van der Waals surface area contributed by atoms with Crippen molar-refractivity contribution in [1.29, 1.82) is 0 Å². The van der Waals surface area contributed by atoms with Crippen LogP contribution in [0.5, 0.6) is 0 Å². The van der Waals surface area contributed by atoms with Crippen LogP contribution >= 0.6 is 0 Å². The van der Waals surface area contributed by atoms with Crippen molar-refractivity contribution in [2.45, 2.75) is 0 Å². The van der Waals surface area contributed by atoms with E-state index in [1.54, 1.807) is 0 Å². The number of furan rings is 2. The monoisotopic (exact) mass is 754 g/mol. The third-order valence-electron chi connectivity index (χ3n) is 11.8. The largest absolute Gasteiger partial charge is 0.456 e. The third kappa shape index (κ3) is 4.84. The molecule has 0 spiro atoms. The molecule has 13 rings (SSSR count). The maximum absolute atomic E-state index is 6.59. The van der Waals surface area contributed by atoms with E-state index >= 15 is 0 Å². The van der Waals surface area contributed by atoms with Gasteiger partial charge >= 0.3 is 0 Å². The SMILES string of the molecule is c1ccc(-c2nc(-c3ccc4c(c3)oc3ccccc34)nc(-c3cc4oc5ccccc5c4cc3-n3c4cc5ccccc5cc4c4c5ccccc5ccc43)n2)cc1. The van der Waals surface area contributed by atoms with E-state index in [-0.39, 0.29) is 0 Å². The number of nitrogens with zero attached hydrogens (tertiary/aromatic N) is 4. The van der Waals surface area contributed by atoms with Crippen LogP contribution in [-0.4, -0.2) is 19.5 Å². The van der Waals surface area contributed by atoms with Crippen LogP contribution in [0.15, 0.2) is 191 Å². The van der Waals surface area contributed by atoms with Crippen LogP contribution in [0.25, 0.3) is 127 Å². The standard InChI is InChI=1S/C53H30N4O2/c1-2-13-32(14-3-1)51-54-52(35-22-24-39-37-18-8-10-20-46(37)58-48(39)28-35)56-53(55-51)42-30-49-40(38-19-9-11-21-47(38)59-49)29-45(42)57-43-25-23-31-12-6-7-17-36(31)50(43)41-26-33-15-4-5-16-34(33)27-44(41)57/h1-30H. The summed E-state index contributed by atoms with van der Waals surface area (Å²) in [5.74, 6) is 1.66. The quantitative estimate of drug-likeness (QED) is 0.179. The minimum absolute atomic E-state index is 0.535. The van der Waals surface area contributed by atoms with Crippen LogP contribution < -0.4 is 0 Å². The Balaban J connectivity index is 1.15. The van der Waals surface area contributed by atoms with Gasteiger partial charge in [-0.25, -0.2) is 15.0 Å². The van der Waals surface area contributed by atoms with Crippen LogP contribution in [0.1, 0.15) is 0 Å². The van der Waals surface area contributed by atoms with Gasteiger partial charge in [0, 0.05) is 49.0 Å². The van der Waals surface area contributed by atoms with Crippen molar-refractivity contribution in [1.82, 2.24) is 19.5 Å². The molecule has 0 unspecified atom stereocenters. The molecule has 274 valence electrons. The van der Waals surface area contributed by atoms with Gasteiger partial charge in [-0.15, -0.1) is 0 Å². The Hall–Kier alpha value is -8.09. The van der Waals surface area contributed by atoms with E-state index in [4.69, 9.17) is 23.8 Å². The normalized spacial score (nSPS) is 12.1. The highest BCUT2D eigenvalue weighted by Crippen LogP contribution is 2.43. The number of hydrogen-bond acceptors (Lipinski definition) is 5. The van der Waals surface area contributed by atoms with Crippen LogP contribution in [0, 0.1) is 0 Å². The van der Waals surface area contributed by atoms with Crippen molar-refractivity contribution in [3.63, 3.8) is 0 Å². The van der Waals surface area contributed by atoms with E-state index in [2.05, 4.69) is 120 Å². The molecule has 0 atom stereocenters. The van der Waals surface area contributed by atoms with Crippen LogP contribution in [0.3, 0.4) is 0 Å². The van der Waals surface area contributed by atoms with E-state index in [1.807, 2.05) is 66.7 Å². The predicted molar refractivity (Wildman–Crippen MR) is 240 cm³/mol. The second-order valence-corrected chi connectivity index (χ2v) is 15.2. The third-order valence-corrected chi connectivity index (χ3v) is 11.8. The summed E-state index contributed by atoms with van der Waals surface area (Å²) in [5.41, 5.74) is 8.88. The number of fused-ring (bicyclic) bond motifs is 12. The molecule has 0 saturated heterocycles. The molecule has 59 heavy (non-hydrogen) atoms. The summed E-state index contributed by atoms with van der Waals surface area (Å²) in [5, 5.41) is 11.3. The summed E-state index contributed by atoms with van der Waals surface area (Å²) >= 11 is 0. The van der Waals surface area contributed by atoms with Crippen LogP contribution in [0.4, 0.5) is 0 Å². The minimum atomic E-state index is 0.535. The predicted octanol–water partition coefficient (Wildman–Crippen LogP) is 14.1. The van der Waals surface area contributed by atoms with Crippen molar-refractivity contribution >= 4 is 87.2 Å². The lowest BCUT2D eigenvalue weighted by atomic mass is 10.0. The fourth-order valence-corrected chi connectivity index (χ4v) is 9.06. The molecule has 13 aromatic rings. The lowest BCUT2D eigenvalue weighted by Gasteiger charge is -2.15. The van der Waals surface area contributed by atoms with Crippen molar-refractivity contribution < 1.29 is 8.83 Å². The topological polar surface area (TPSA) is 69.9 Å². The number of benzene rings is 9. The van der Waals surface area contributed by atoms with Gasteiger partial charge in [-0.1, -0.05) is 127 Å². The first kappa shape index (κ1) is 32.0. The van der Waals surface area contributed by atoms with Gasteiger partial charge in [0.1, 0.15) is 22.3 Å². The average molecular weight is 755 g/mol. The Morgan fingerprint density at radius 1 is 0.339 bits per heavy atom. The summed E-state index contributed by atoms with van der Waals surface area (Å²) in [6.45, 7) is 0. The smallest absolute Gasteiger partial charge is 0.166 e. The summed E-state index contributed by atoms with van der Waals surface area (Å²) in [7, 11) is 0. The molecule has 0 aliphatic carbocycles. The summed E-state index contributed by atoms with van der Waals surface area (Å²) in [6.07, 6.45) is 0. The fraction of sp³-hybridized carbons (Fsp3) is 0. The number of aromatic nitrogens is 4. The van der Waals surface area contributed by atoms with Crippen molar-refractivity contribution in [3.8, 4) is 39.9 Å². The van der Waals surface area contributed by atoms with E-state index in [1.165, 1.54) is 32.3 Å². The molecule has 9 aromatic carbocycles. The van der Waals surface area contributed by atoms with Gasteiger partial charge in [0.05, 0.1) is 16.7 Å². The van der Waals surface area contributed by atoms with E-state index in [0.717, 1.165) is 77.3 Å². The zero-order valence-corrected chi connectivity index (χ0v) is 31.4. The molecule has 0 aliphatic heterocycles. The molecule has 6 nitrogen and oxygen atoms in total. The molecule has 0 radical (unpaired) electrons. The first-order valence-electron chi connectivity index (χ1n) is 19.8. The minimum Gasteiger partial charge on any atom is -0.456 e. The molecule has 0 aliphatic rings. The molecule has 0 N–H and O–H groups in total. The molecule has 4 aromatic heterocycles. The maximum atomic E-state index is 6.59. The number of rotatable bonds is 4. The van der Waals surface area contributed by atoms with Gasteiger partial charge in [0.15, 0.2) is 17.5 Å². The summed E-state index contributed by atoms with van der Waals surface area (Å²) in [6, 6.07) is 63.4. The molecule has 0 fully saturated rings. The molecule has 0 amide bonds. The van der Waals surface area contributed by atoms with Crippen LogP contribution in [-0.2, 0) is 0 Å². The molecular weight excluding hydrogens is 725 g/mol. The highest BCUT2D eigenvalue weighted by molar-refractivity contribution is 6.23. The number of para-hydroxylation sites is 2. The van der Waals surface area contributed by atoms with Crippen molar-refractivity contribution in [2.24, 2.45) is 0 Å². The Kier molecular flexibility index (Phi) is 6.63. The zero-order valence-electron chi connectivity index (χ0n) is 31.4. The fourth-order valence-electron chi connectivity index (χ4n) is 9.06. The first-order chi connectivity index (χ1) is 29.2. The van der Waals surface area contributed by atoms with Gasteiger partial charge in [0.2, 0.25) is 0 Å².